The van der Waals surface area contributed by atoms with Crippen LogP contribution in [0.25, 0.3) is 0 Å². The normalized spacial score (nSPS) is 26.5. The molecule has 1 aliphatic heterocycles. The van der Waals surface area contributed by atoms with Crippen LogP contribution < -0.4 is 0 Å². The molecule has 1 fully saturated rings. The van der Waals surface area contributed by atoms with E-state index in [1.165, 1.54) is 0 Å². The Morgan fingerprint density at radius 3 is 2.50 bits per heavy atom. The van der Waals surface area contributed by atoms with Crippen LogP contribution in [0.2, 0.25) is 0 Å². The minimum atomic E-state index is -0.612. The lowest BCUT2D eigenvalue weighted by atomic mass is 10.3. The third-order valence-corrected chi connectivity index (χ3v) is 3.11. The van der Waals surface area contributed by atoms with Crippen LogP contribution in [0.5, 0.6) is 0 Å². The minimum absolute atomic E-state index is 0.536. The molecule has 1 saturated heterocycles. The van der Waals surface area contributed by atoms with E-state index in [1.54, 1.807) is 0 Å². The number of aliphatic hydroxyl groups excluding tert-OH is 2. The first-order chi connectivity index (χ1) is 7.60. The Hall–Kier alpha value is -0.910. The van der Waals surface area contributed by atoms with E-state index in [2.05, 4.69) is 18.1 Å². The van der Waals surface area contributed by atoms with Gasteiger partial charge in [-0.2, -0.15) is 5.10 Å². The number of hydrogen-bond acceptors (Lipinski definition) is 4. The second-order valence-corrected chi connectivity index (χ2v) is 4.43. The van der Waals surface area contributed by atoms with Crippen molar-refractivity contribution in [2.24, 2.45) is 7.05 Å². The van der Waals surface area contributed by atoms with Crippen molar-refractivity contribution in [1.29, 1.82) is 0 Å². The van der Waals surface area contributed by atoms with Crippen molar-refractivity contribution in [1.82, 2.24) is 14.7 Å². The third kappa shape index (κ3) is 2.26. The highest BCUT2D eigenvalue weighted by atomic mass is 16.3. The van der Waals surface area contributed by atoms with Crippen molar-refractivity contribution < 1.29 is 10.2 Å². The molecule has 2 rings (SSSR count). The van der Waals surface area contributed by atoms with Gasteiger partial charge in [0.2, 0.25) is 0 Å². The fourth-order valence-electron chi connectivity index (χ4n) is 2.10. The fraction of sp³-hybridized carbons (Fsp3) is 0.727. The molecule has 2 heterocycles. The van der Waals surface area contributed by atoms with Gasteiger partial charge >= 0.3 is 0 Å². The SMILES string of the molecule is CCc1cc(CN2CC(O)C(O)C2)n(C)n1. The Morgan fingerprint density at radius 2 is 2.00 bits per heavy atom. The molecule has 1 aromatic heterocycles. The number of aliphatic hydroxyl groups is 2. The van der Waals surface area contributed by atoms with E-state index in [-0.39, 0.29) is 0 Å². The molecule has 0 amide bonds. The highest BCUT2D eigenvalue weighted by Gasteiger charge is 2.29. The molecule has 0 aliphatic carbocycles. The molecule has 0 aromatic carbocycles. The summed E-state index contributed by atoms with van der Waals surface area (Å²) in [6.45, 7) is 3.88. The van der Waals surface area contributed by atoms with Gasteiger partial charge < -0.3 is 10.2 Å². The summed E-state index contributed by atoms with van der Waals surface area (Å²) < 4.78 is 1.87. The molecule has 5 heteroatoms. The van der Waals surface area contributed by atoms with Gasteiger partial charge in [0.1, 0.15) is 0 Å². The Labute approximate surface area is 95.3 Å². The van der Waals surface area contributed by atoms with Crippen LogP contribution in [0.3, 0.4) is 0 Å². The van der Waals surface area contributed by atoms with Gasteiger partial charge in [-0.25, -0.2) is 0 Å². The van der Waals surface area contributed by atoms with E-state index >= 15 is 0 Å². The number of likely N-dealkylation sites (tertiary alicyclic amines) is 1. The number of hydrogen-bond donors (Lipinski definition) is 2. The van der Waals surface area contributed by atoms with Crippen LogP contribution in [0.15, 0.2) is 6.07 Å². The molecular formula is C11H19N3O2. The highest BCUT2D eigenvalue weighted by molar-refractivity contribution is 5.10. The van der Waals surface area contributed by atoms with Gasteiger partial charge in [0.05, 0.1) is 23.6 Å². The summed E-state index contributed by atoms with van der Waals surface area (Å²) in [7, 11) is 1.93. The molecule has 0 spiro atoms. The maximum Gasteiger partial charge on any atom is 0.0938 e. The van der Waals surface area contributed by atoms with Crippen LogP contribution in [0.4, 0.5) is 0 Å². The van der Waals surface area contributed by atoms with Crippen molar-refractivity contribution >= 4 is 0 Å². The first kappa shape index (κ1) is 11.6. The van der Waals surface area contributed by atoms with Gasteiger partial charge in [-0.3, -0.25) is 9.58 Å². The molecule has 90 valence electrons. The molecule has 2 unspecified atom stereocenters. The van der Waals surface area contributed by atoms with Gasteiger partial charge in [-0.1, -0.05) is 6.92 Å². The molecule has 16 heavy (non-hydrogen) atoms. The summed E-state index contributed by atoms with van der Waals surface area (Å²) in [5.74, 6) is 0. The maximum atomic E-state index is 9.45. The zero-order valence-corrected chi connectivity index (χ0v) is 9.80. The van der Waals surface area contributed by atoms with Gasteiger partial charge in [-0.05, 0) is 12.5 Å². The average molecular weight is 225 g/mol. The zero-order chi connectivity index (χ0) is 11.7. The summed E-state index contributed by atoms with van der Waals surface area (Å²) in [6.07, 6.45) is -0.295. The molecular weight excluding hydrogens is 206 g/mol. The number of rotatable bonds is 3. The van der Waals surface area contributed by atoms with Gasteiger partial charge in [0, 0.05) is 26.7 Å². The average Bonchev–Trinajstić information content (AvgIpc) is 2.73. The monoisotopic (exact) mass is 225 g/mol. The van der Waals surface area contributed by atoms with Crippen molar-refractivity contribution in [2.45, 2.75) is 32.1 Å². The van der Waals surface area contributed by atoms with Gasteiger partial charge in [0.15, 0.2) is 0 Å². The van der Waals surface area contributed by atoms with Gasteiger partial charge in [0.25, 0.3) is 0 Å². The predicted molar refractivity (Wildman–Crippen MR) is 59.9 cm³/mol. The van der Waals surface area contributed by atoms with Crippen molar-refractivity contribution in [3.8, 4) is 0 Å². The van der Waals surface area contributed by atoms with Crippen LogP contribution in [0.1, 0.15) is 18.3 Å². The number of nitrogens with zero attached hydrogens (tertiary/aromatic N) is 3. The largest absolute Gasteiger partial charge is 0.389 e. The Bertz CT molecular complexity index is 354. The molecule has 2 atom stereocenters. The summed E-state index contributed by atoms with van der Waals surface area (Å²) >= 11 is 0. The Kier molecular flexibility index (Phi) is 3.28. The van der Waals surface area contributed by atoms with Crippen molar-refractivity contribution in [2.75, 3.05) is 13.1 Å². The van der Waals surface area contributed by atoms with E-state index in [0.717, 1.165) is 24.4 Å². The maximum absolute atomic E-state index is 9.45. The molecule has 0 bridgehead atoms. The summed E-state index contributed by atoms with van der Waals surface area (Å²) in [4.78, 5) is 2.05. The van der Waals surface area contributed by atoms with E-state index in [9.17, 15) is 10.2 Å². The second-order valence-electron chi connectivity index (χ2n) is 4.43. The quantitative estimate of drug-likeness (QED) is 0.729. The molecule has 0 saturated carbocycles. The molecule has 1 aliphatic rings. The fourth-order valence-corrected chi connectivity index (χ4v) is 2.10. The number of aromatic nitrogens is 2. The van der Waals surface area contributed by atoms with E-state index in [1.807, 2.05) is 16.6 Å². The van der Waals surface area contributed by atoms with Crippen LogP contribution in [0, 0.1) is 0 Å². The summed E-state index contributed by atoms with van der Waals surface area (Å²) in [5.41, 5.74) is 2.20. The highest BCUT2D eigenvalue weighted by Crippen LogP contribution is 2.14. The van der Waals surface area contributed by atoms with Crippen molar-refractivity contribution in [3.63, 3.8) is 0 Å². The molecule has 2 N–H and O–H groups in total. The number of β-amino-alcohol motifs (C(OH)–C–C–N with tert-alkyl or cyclic N) is 2. The lowest BCUT2D eigenvalue weighted by Gasteiger charge is -2.14. The molecule has 0 radical (unpaired) electrons. The first-order valence-electron chi connectivity index (χ1n) is 5.70. The second kappa shape index (κ2) is 4.53. The zero-order valence-electron chi connectivity index (χ0n) is 9.80. The van der Waals surface area contributed by atoms with Crippen LogP contribution >= 0.6 is 0 Å². The predicted octanol–water partition coefficient (Wildman–Crippen LogP) is -0.480. The minimum Gasteiger partial charge on any atom is -0.389 e. The molecule has 1 aromatic rings. The van der Waals surface area contributed by atoms with Crippen LogP contribution in [-0.4, -0.2) is 50.2 Å². The molecule has 5 nitrogen and oxygen atoms in total. The summed E-state index contributed by atoms with van der Waals surface area (Å²) in [6, 6.07) is 2.08. The van der Waals surface area contributed by atoms with Crippen LogP contribution in [-0.2, 0) is 20.0 Å². The lowest BCUT2D eigenvalue weighted by molar-refractivity contribution is 0.0572. The summed E-state index contributed by atoms with van der Waals surface area (Å²) in [5, 5.41) is 23.3. The van der Waals surface area contributed by atoms with E-state index in [4.69, 9.17) is 0 Å². The van der Waals surface area contributed by atoms with Crippen molar-refractivity contribution in [3.05, 3.63) is 17.5 Å². The smallest absolute Gasteiger partial charge is 0.0938 e. The Morgan fingerprint density at radius 1 is 1.38 bits per heavy atom. The van der Waals surface area contributed by atoms with E-state index in [0.29, 0.717) is 13.1 Å². The van der Waals surface area contributed by atoms with E-state index < -0.39 is 12.2 Å². The topological polar surface area (TPSA) is 61.5 Å². The van der Waals surface area contributed by atoms with Gasteiger partial charge in [-0.15, -0.1) is 0 Å². The number of aryl methyl sites for hydroxylation is 2. The Balaban J connectivity index is 2.01. The standard InChI is InChI=1S/C11H19N3O2/c1-3-8-4-9(13(2)12-8)5-14-6-10(15)11(16)7-14/h4,10-11,15-16H,3,5-7H2,1-2H3. The first-order valence-corrected chi connectivity index (χ1v) is 5.70. The third-order valence-electron chi connectivity index (χ3n) is 3.11. The lowest BCUT2D eigenvalue weighted by Crippen LogP contribution is -2.22.